The third-order valence-corrected chi connectivity index (χ3v) is 4.67. The average Bonchev–Trinajstić information content (AvgIpc) is 3.00. The second-order valence-electron chi connectivity index (χ2n) is 5.74. The van der Waals surface area contributed by atoms with Crippen LogP contribution in [-0.2, 0) is 22.7 Å². The second-order valence-corrected chi connectivity index (χ2v) is 6.65. The zero-order valence-electron chi connectivity index (χ0n) is 12.8. The summed E-state index contributed by atoms with van der Waals surface area (Å²) in [6.07, 6.45) is -0.471. The predicted octanol–water partition coefficient (Wildman–Crippen LogP) is 3.46. The van der Waals surface area contributed by atoms with Crippen molar-refractivity contribution in [2.24, 2.45) is 0 Å². The first kappa shape index (κ1) is 15.1. The van der Waals surface area contributed by atoms with Gasteiger partial charge < -0.3 is 10.1 Å². The molecule has 0 bridgehead atoms. The maximum Gasteiger partial charge on any atom is 0.344 e. The molecular formula is C17H20N2O2S. The van der Waals surface area contributed by atoms with Gasteiger partial charge in [-0.05, 0) is 28.5 Å². The number of anilines is 1. The van der Waals surface area contributed by atoms with Gasteiger partial charge in [-0.15, -0.1) is 11.3 Å². The summed E-state index contributed by atoms with van der Waals surface area (Å²) in [5.74, 6) is 0.235. The zero-order valence-corrected chi connectivity index (χ0v) is 13.6. The first-order chi connectivity index (χ1) is 10.6. The Morgan fingerprint density at radius 2 is 2.09 bits per heavy atom. The quantitative estimate of drug-likeness (QED) is 0.848. The van der Waals surface area contributed by atoms with Crippen molar-refractivity contribution in [1.29, 1.82) is 0 Å². The van der Waals surface area contributed by atoms with Crippen molar-refractivity contribution < 1.29 is 9.53 Å². The highest BCUT2D eigenvalue weighted by Gasteiger charge is 2.25. The predicted molar refractivity (Wildman–Crippen MR) is 88.9 cm³/mol. The number of carbonyl (C=O) groups is 1. The monoisotopic (exact) mass is 316 g/mol. The van der Waals surface area contributed by atoms with Crippen LogP contribution in [0.1, 0.15) is 36.5 Å². The van der Waals surface area contributed by atoms with Gasteiger partial charge in [0.1, 0.15) is 6.61 Å². The molecule has 1 atom stereocenters. The Morgan fingerprint density at radius 3 is 2.82 bits per heavy atom. The molecule has 3 rings (SSSR count). The van der Waals surface area contributed by atoms with Crippen LogP contribution in [0.4, 0.5) is 5.00 Å². The Labute approximate surface area is 134 Å². The van der Waals surface area contributed by atoms with E-state index >= 15 is 0 Å². The molecule has 2 N–H and O–H groups in total. The number of ether oxygens (including phenoxy) is 1. The Balaban J connectivity index is 1.54. The minimum absolute atomic E-state index is 0.271. The van der Waals surface area contributed by atoms with E-state index in [1.165, 1.54) is 11.1 Å². The molecule has 1 aliphatic rings. The lowest BCUT2D eigenvalue weighted by Crippen LogP contribution is -2.46. The van der Waals surface area contributed by atoms with Crippen molar-refractivity contribution in [3.63, 3.8) is 0 Å². The Bertz CT molecular complexity index is 649. The van der Waals surface area contributed by atoms with Crippen LogP contribution in [0.15, 0.2) is 35.7 Å². The van der Waals surface area contributed by atoms with Crippen LogP contribution in [0.3, 0.4) is 0 Å². The number of hydrogen-bond acceptors (Lipinski definition) is 5. The van der Waals surface area contributed by atoms with Gasteiger partial charge in [0.15, 0.2) is 6.17 Å². The molecule has 0 amide bonds. The van der Waals surface area contributed by atoms with Crippen LogP contribution in [0, 0.1) is 0 Å². The van der Waals surface area contributed by atoms with Gasteiger partial charge in [-0.25, -0.2) is 4.79 Å². The fourth-order valence-electron chi connectivity index (χ4n) is 2.37. The minimum atomic E-state index is -0.471. The first-order valence-electron chi connectivity index (χ1n) is 7.45. The molecule has 2 heterocycles. The molecule has 116 valence electrons. The molecule has 4 nitrogen and oxygen atoms in total. The molecule has 0 spiro atoms. The Kier molecular flexibility index (Phi) is 4.45. The number of fused-ring (bicyclic) bond motifs is 1. The van der Waals surface area contributed by atoms with E-state index in [1.54, 1.807) is 11.3 Å². The normalized spacial score (nSPS) is 17.0. The summed E-state index contributed by atoms with van der Waals surface area (Å²) < 4.78 is 5.40. The molecule has 0 radical (unpaired) electrons. The van der Waals surface area contributed by atoms with E-state index in [-0.39, 0.29) is 5.97 Å². The summed E-state index contributed by atoms with van der Waals surface area (Å²) in [6, 6.07) is 10.3. The highest BCUT2D eigenvalue weighted by molar-refractivity contribution is 7.14. The molecule has 2 aromatic rings. The van der Waals surface area contributed by atoms with E-state index in [4.69, 9.17) is 4.74 Å². The van der Waals surface area contributed by atoms with Crippen LogP contribution in [0.2, 0.25) is 0 Å². The topological polar surface area (TPSA) is 50.4 Å². The molecule has 1 aromatic carbocycles. The van der Waals surface area contributed by atoms with Gasteiger partial charge >= 0.3 is 5.97 Å². The van der Waals surface area contributed by atoms with Crippen LogP contribution in [0.25, 0.3) is 0 Å². The van der Waals surface area contributed by atoms with Crippen molar-refractivity contribution in [2.45, 2.75) is 39.1 Å². The van der Waals surface area contributed by atoms with Crippen molar-refractivity contribution in [3.8, 4) is 0 Å². The summed E-state index contributed by atoms with van der Waals surface area (Å²) in [6.45, 7) is 5.31. The number of benzene rings is 1. The summed E-state index contributed by atoms with van der Waals surface area (Å²) in [5, 5.41) is 9.37. The fourth-order valence-corrected chi connectivity index (χ4v) is 3.22. The smallest absolute Gasteiger partial charge is 0.344 e. The second kappa shape index (κ2) is 6.50. The molecule has 5 heteroatoms. The lowest BCUT2D eigenvalue weighted by Gasteiger charge is -2.24. The van der Waals surface area contributed by atoms with E-state index in [1.807, 2.05) is 17.5 Å². The van der Waals surface area contributed by atoms with E-state index in [0.29, 0.717) is 19.1 Å². The van der Waals surface area contributed by atoms with Crippen molar-refractivity contribution in [2.75, 3.05) is 5.32 Å². The number of esters is 1. The number of rotatable bonds is 4. The first-order valence-corrected chi connectivity index (χ1v) is 8.33. The standard InChI is InChI=1S/C17H20N2O2S/c1-11(2)13-5-3-12(4-6-13)10-21-17(20)15-18-9-14-7-8-22-16(14)19-15/h3-8,11,15,18-19H,9-10H2,1-2H3. The van der Waals surface area contributed by atoms with Crippen molar-refractivity contribution in [1.82, 2.24) is 5.32 Å². The lowest BCUT2D eigenvalue weighted by atomic mass is 10.0. The lowest BCUT2D eigenvalue weighted by molar-refractivity contribution is -0.146. The molecule has 0 saturated carbocycles. The third kappa shape index (κ3) is 3.31. The Morgan fingerprint density at radius 1 is 1.32 bits per heavy atom. The molecule has 1 aromatic heterocycles. The number of hydrogen-bond donors (Lipinski definition) is 2. The molecule has 1 unspecified atom stereocenters. The molecular weight excluding hydrogens is 296 g/mol. The van der Waals surface area contributed by atoms with E-state index in [2.05, 4.69) is 42.7 Å². The average molecular weight is 316 g/mol. The van der Waals surface area contributed by atoms with E-state index < -0.39 is 6.17 Å². The number of nitrogens with one attached hydrogen (secondary N) is 2. The van der Waals surface area contributed by atoms with E-state index in [9.17, 15) is 4.79 Å². The zero-order chi connectivity index (χ0) is 15.5. The van der Waals surface area contributed by atoms with Gasteiger partial charge in [0.25, 0.3) is 0 Å². The number of thiophene rings is 1. The molecule has 0 saturated heterocycles. The van der Waals surface area contributed by atoms with Crippen LogP contribution in [-0.4, -0.2) is 12.1 Å². The summed E-state index contributed by atoms with van der Waals surface area (Å²) in [7, 11) is 0. The van der Waals surface area contributed by atoms with Crippen LogP contribution < -0.4 is 10.6 Å². The van der Waals surface area contributed by atoms with Gasteiger partial charge in [-0.2, -0.15) is 0 Å². The van der Waals surface area contributed by atoms with Gasteiger partial charge in [-0.3, -0.25) is 5.32 Å². The highest BCUT2D eigenvalue weighted by Crippen LogP contribution is 2.26. The van der Waals surface area contributed by atoms with Crippen LogP contribution in [0.5, 0.6) is 0 Å². The van der Waals surface area contributed by atoms with Gasteiger partial charge in [-0.1, -0.05) is 38.1 Å². The van der Waals surface area contributed by atoms with Crippen molar-refractivity contribution in [3.05, 3.63) is 52.4 Å². The summed E-state index contributed by atoms with van der Waals surface area (Å²) >= 11 is 1.61. The van der Waals surface area contributed by atoms with Crippen molar-refractivity contribution >= 4 is 22.3 Å². The molecule has 0 fully saturated rings. The molecule has 22 heavy (non-hydrogen) atoms. The minimum Gasteiger partial charge on any atom is -0.458 e. The van der Waals surface area contributed by atoms with Gasteiger partial charge in [0.2, 0.25) is 0 Å². The third-order valence-electron chi connectivity index (χ3n) is 3.78. The van der Waals surface area contributed by atoms with Crippen LogP contribution >= 0.6 is 11.3 Å². The molecule has 0 aliphatic carbocycles. The summed E-state index contributed by atoms with van der Waals surface area (Å²) in [4.78, 5) is 12.1. The van der Waals surface area contributed by atoms with E-state index in [0.717, 1.165) is 10.6 Å². The maximum atomic E-state index is 12.1. The fraction of sp³-hybridized carbons (Fsp3) is 0.353. The highest BCUT2D eigenvalue weighted by atomic mass is 32.1. The number of carbonyl (C=O) groups excluding carboxylic acids is 1. The largest absolute Gasteiger partial charge is 0.458 e. The maximum absolute atomic E-state index is 12.1. The summed E-state index contributed by atoms with van der Waals surface area (Å²) in [5.41, 5.74) is 3.49. The van der Waals surface area contributed by atoms with Gasteiger partial charge in [0.05, 0.1) is 5.00 Å². The molecule has 1 aliphatic heterocycles. The SMILES string of the molecule is CC(C)c1ccc(COC(=O)C2NCc3ccsc3N2)cc1. The Hall–Kier alpha value is -1.85. The van der Waals surface area contributed by atoms with Gasteiger partial charge in [0, 0.05) is 12.1 Å².